The Bertz CT molecular complexity index is 268. The minimum absolute atomic E-state index is 0.0264. The molecule has 0 aliphatic heterocycles. The van der Waals surface area contributed by atoms with Gasteiger partial charge in [-0.15, -0.1) is 0 Å². The van der Waals surface area contributed by atoms with E-state index in [0.717, 1.165) is 12.8 Å². The van der Waals surface area contributed by atoms with E-state index in [2.05, 4.69) is 0 Å². The minimum atomic E-state index is -0.400. The molecule has 0 saturated heterocycles. The van der Waals surface area contributed by atoms with E-state index in [1.165, 1.54) is 0 Å². The first kappa shape index (κ1) is 12.1. The second-order valence-electron chi connectivity index (χ2n) is 4.12. The number of hydrogen-bond donors (Lipinski definition) is 0. The van der Waals surface area contributed by atoms with Crippen molar-refractivity contribution in [3.05, 3.63) is 0 Å². The molecule has 1 unspecified atom stereocenters. The van der Waals surface area contributed by atoms with Crippen LogP contribution < -0.4 is 0 Å². The molecule has 1 fully saturated rings. The smallest absolute Gasteiger partial charge is 0.143 e. The Balaban J connectivity index is 2.38. The lowest BCUT2D eigenvalue weighted by molar-refractivity contribution is -0.135. The molecule has 1 saturated carbocycles. The molecule has 0 aromatic carbocycles. The second kappa shape index (κ2) is 5.79. The van der Waals surface area contributed by atoms with Gasteiger partial charge in [-0.25, -0.2) is 0 Å². The molecular formula is C12H18O3. The van der Waals surface area contributed by atoms with Gasteiger partial charge in [0.1, 0.15) is 17.3 Å². The van der Waals surface area contributed by atoms with E-state index >= 15 is 0 Å². The number of ketones is 3. The van der Waals surface area contributed by atoms with E-state index in [4.69, 9.17) is 0 Å². The average molecular weight is 210 g/mol. The van der Waals surface area contributed by atoms with Crippen molar-refractivity contribution in [1.82, 2.24) is 0 Å². The third-order valence-corrected chi connectivity index (χ3v) is 2.99. The van der Waals surface area contributed by atoms with Gasteiger partial charge in [-0.1, -0.05) is 13.3 Å². The third-order valence-electron chi connectivity index (χ3n) is 2.99. The molecule has 1 atom stereocenters. The molecule has 0 amide bonds. The first-order valence-electron chi connectivity index (χ1n) is 5.72. The normalized spacial score (nSPS) is 21.4. The Hall–Kier alpha value is -0.990. The minimum Gasteiger partial charge on any atom is -0.300 e. The van der Waals surface area contributed by atoms with E-state index in [9.17, 15) is 14.4 Å². The second-order valence-corrected chi connectivity index (χ2v) is 4.12. The van der Waals surface area contributed by atoms with Crippen LogP contribution in [0.25, 0.3) is 0 Å². The molecule has 1 aliphatic carbocycles. The summed E-state index contributed by atoms with van der Waals surface area (Å²) >= 11 is 0. The van der Waals surface area contributed by atoms with Crippen LogP contribution in [0.4, 0.5) is 0 Å². The fourth-order valence-electron chi connectivity index (χ4n) is 1.94. The third kappa shape index (κ3) is 3.57. The molecule has 0 radical (unpaired) electrons. The molecular weight excluding hydrogens is 192 g/mol. The highest BCUT2D eigenvalue weighted by Gasteiger charge is 2.28. The molecule has 84 valence electrons. The molecule has 0 bridgehead atoms. The van der Waals surface area contributed by atoms with E-state index < -0.39 is 5.92 Å². The van der Waals surface area contributed by atoms with Gasteiger partial charge in [0.2, 0.25) is 0 Å². The summed E-state index contributed by atoms with van der Waals surface area (Å²) in [6.07, 6.45) is 4.14. The molecule has 0 spiro atoms. The van der Waals surface area contributed by atoms with Crippen molar-refractivity contribution in [1.29, 1.82) is 0 Å². The van der Waals surface area contributed by atoms with E-state index in [1.807, 2.05) is 0 Å². The van der Waals surface area contributed by atoms with Gasteiger partial charge in [0.15, 0.2) is 0 Å². The SMILES string of the molecule is CCC(=O)CCC(=O)C1CCCCC1=O. The van der Waals surface area contributed by atoms with Crippen LogP contribution in [-0.2, 0) is 14.4 Å². The van der Waals surface area contributed by atoms with Gasteiger partial charge in [0.05, 0.1) is 5.92 Å². The van der Waals surface area contributed by atoms with Gasteiger partial charge in [-0.05, 0) is 12.8 Å². The quantitative estimate of drug-likeness (QED) is 0.653. The Morgan fingerprint density at radius 2 is 2.00 bits per heavy atom. The van der Waals surface area contributed by atoms with Crippen molar-refractivity contribution in [3.63, 3.8) is 0 Å². The summed E-state index contributed by atoms with van der Waals surface area (Å²) in [4.78, 5) is 34.1. The number of hydrogen-bond acceptors (Lipinski definition) is 3. The predicted octanol–water partition coefficient (Wildman–Crippen LogP) is 2.07. The fourth-order valence-corrected chi connectivity index (χ4v) is 1.94. The number of Topliss-reactive ketones (excluding diaryl/α,β-unsaturated/α-hetero) is 3. The van der Waals surface area contributed by atoms with Crippen LogP contribution in [0.2, 0.25) is 0 Å². The lowest BCUT2D eigenvalue weighted by Gasteiger charge is -2.18. The average Bonchev–Trinajstić information content (AvgIpc) is 2.26. The van der Waals surface area contributed by atoms with Crippen molar-refractivity contribution >= 4 is 17.3 Å². The van der Waals surface area contributed by atoms with Crippen molar-refractivity contribution in [2.45, 2.75) is 51.9 Å². The summed E-state index contributed by atoms with van der Waals surface area (Å²) in [7, 11) is 0. The zero-order valence-corrected chi connectivity index (χ0v) is 9.25. The largest absolute Gasteiger partial charge is 0.300 e. The van der Waals surface area contributed by atoms with Crippen LogP contribution in [-0.4, -0.2) is 17.3 Å². The van der Waals surface area contributed by atoms with E-state index in [0.29, 0.717) is 25.7 Å². The Morgan fingerprint density at radius 3 is 2.60 bits per heavy atom. The van der Waals surface area contributed by atoms with Crippen LogP contribution in [0.1, 0.15) is 51.9 Å². The standard InChI is InChI=1S/C12H18O3/c1-2-9(13)7-8-12(15)10-5-3-4-6-11(10)14/h10H,2-8H2,1H3. The highest BCUT2D eigenvalue weighted by atomic mass is 16.2. The monoisotopic (exact) mass is 210 g/mol. The van der Waals surface area contributed by atoms with Gasteiger partial charge in [0, 0.05) is 25.7 Å². The topological polar surface area (TPSA) is 51.2 Å². The van der Waals surface area contributed by atoms with Gasteiger partial charge < -0.3 is 0 Å². The Labute approximate surface area is 90.2 Å². The number of carbonyl (C=O) groups excluding carboxylic acids is 3. The van der Waals surface area contributed by atoms with E-state index in [1.54, 1.807) is 6.92 Å². The van der Waals surface area contributed by atoms with Crippen LogP contribution in [0, 0.1) is 5.92 Å². The molecule has 0 aromatic heterocycles. The summed E-state index contributed by atoms with van der Waals surface area (Å²) in [6, 6.07) is 0. The summed E-state index contributed by atoms with van der Waals surface area (Å²) in [5.41, 5.74) is 0. The molecule has 0 aromatic rings. The van der Waals surface area contributed by atoms with Crippen LogP contribution in [0.5, 0.6) is 0 Å². The van der Waals surface area contributed by atoms with E-state index in [-0.39, 0.29) is 23.8 Å². The van der Waals surface area contributed by atoms with Crippen molar-refractivity contribution in [2.24, 2.45) is 5.92 Å². The van der Waals surface area contributed by atoms with Crippen LogP contribution in [0.15, 0.2) is 0 Å². The summed E-state index contributed by atoms with van der Waals surface area (Å²) in [6.45, 7) is 1.79. The molecule has 1 rings (SSSR count). The fraction of sp³-hybridized carbons (Fsp3) is 0.750. The highest BCUT2D eigenvalue weighted by molar-refractivity contribution is 6.03. The van der Waals surface area contributed by atoms with Crippen molar-refractivity contribution in [3.8, 4) is 0 Å². The first-order valence-corrected chi connectivity index (χ1v) is 5.72. The maximum absolute atomic E-state index is 11.7. The molecule has 3 nitrogen and oxygen atoms in total. The van der Waals surface area contributed by atoms with Gasteiger partial charge in [0.25, 0.3) is 0 Å². The van der Waals surface area contributed by atoms with Gasteiger partial charge in [-0.2, -0.15) is 0 Å². The maximum Gasteiger partial charge on any atom is 0.143 e. The summed E-state index contributed by atoms with van der Waals surface area (Å²) in [5.74, 6) is -0.244. The molecule has 3 heteroatoms. The molecule has 1 aliphatic rings. The Kier molecular flexibility index (Phi) is 4.66. The summed E-state index contributed by atoms with van der Waals surface area (Å²) in [5, 5.41) is 0. The molecule has 0 heterocycles. The lowest BCUT2D eigenvalue weighted by atomic mass is 9.83. The zero-order chi connectivity index (χ0) is 11.3. The maximum atomic E-state index is 11.7. The van der Waals surface area contributed by atoms with Crippen LogP contribution >= 0.6 is 0 Å². The van der Waals surface area contributed by atoms with Gasteiger partial charge >= 0.3 is 0 Å². The van der Waals surface area contributed by atoms with Crippen molar-refractivity contribution < 1.29 is 14.4 Å². The predicted molar refractivity (Wildman–Crippen MR) is 56.5 cm³/mol. The lowest BCUT2D eigenvalue weighted by Crippen LogP contribution is -2.27. The number of carbonyl (C=O) groups is 3. The van der Waals surface area contributed by atoms with Gasteiger partial charge in [-0.3, -0.25) is 14.4 Å². The van der Waals surface area contributed by atoms with Crippen molar-refractivity contribution in [2.75, 3.05) is 0 Å². The molecule has 15 heavy (non-hydrogen) atoms. The highest BCUT2D eigenvalue weighted by Crippen LogP contribution is 2.22. The zero-order valence-electron chi connectivity index (χ0n) is 9.25. The molecule has 0 N–H and O–H groups in total. The summed E-state index contributed by atoms with van der Waals surface area (Å²) < 4.78 is 0. The number of rotatable bonds is 5. The first-order chi connectivity index (χ1) is 7.15. The van der Waals surface area contributed by atoms with Crippen LogP contribution in [0.3, 0.4) is 0 Å². The Morgan fingerprint density at radius 1 is 1.27 bits per heavy atom.